The summed E-state index contributed by atoms with van der Waals surface area (Å²) in [5.74, 6) is 1.54. The molecule has 0 aromatic heterocycles. The summed E-state index contributed by atoms with van der Waals surface area (Å²) in [5.41, 5.74) is 6.32. The van der Waals surface area contributed by atoms with Crippen molar-refractivity contribution >= 4 is 12.2 Å². The second-order valence-electron chi connectivity index (χ2n) is 20.9. The van der Waals surface area contributed by atoms with Crippen molar-refractivity contribution in [2.45, 2.75) is 174 Å². The minimum atomic E-state index is -0.890. The molecule has 0 bridgehead atoms. The Kier molecular flexibility index (Phi) is 27.4. The van der Waals surface area contributed by atoms with Crippen LogP contribution in [0.2, 0.25) is 0 Å². The van der Waals surface area contributed by atoms with Gasteiger partial charge in [0, 0.05) is 27.3 Å². The van der Waals surface area contributed by atoms with Gasteiger partial charge in [0.2, 0.25) is 0 Å². The van der Waals surface area contributed by atoms with Gasteiger partial charge in [0.05, 0.1) is 43.5 Å². The molecule has 1 heterocycles. The average molecular weight is 1050 g/mol. The summed E-state index contributed by atoms with van der Waals surface area (Å²) in [6.07, 6.45) is 9.24. The molecule has 2 saturated carbocycles. The Labute approximate surface area is 447 Å². The predicted molar refractivity (Wildman–Crippen MR) is 291 cm³/mol. The fourth-order valence-electron chi connectivity index (χ4n) is 8.29. The zero-order valence-corrected chi connectivity index (χ0v) is 45.1. The lowest BCUT2D eigenvalue weighted by Gasteiger charge is -2.32. The molecule has 416 valence electrons. The molecule has 4 atom stereocenters. The van der Waals surface area contributed by atoms with E-state index in [0.29, 0.717) is 25.7 Å². The molecule has 16 nitrogen and oxygen atoms in total. The van der Waals surface area contributed by atoms with Crippen molar-refractivity contribution in [1.82, 2.24) is 21.2 Å². The van der Waals surface area contributed by atoms with Crippen LogP contribution in [0.4, 0.5) is 9.59 Å². The van der Waals surface area contributed by atoms with Crippen LogP contribution in [0.1, 0.15) is 123 Å². The highest BCUT2D eigenvalue weighted by Gasteiger charge is 2.35. The van der Waals surface area contributed by atoms with E-state index >= 15 is 0 Å². The molecule has 4 aromatic rings. The first-order valence-corrected chi connectivity index (χ1v) is 26.1. The number of nitrogens with one attached hydrogen (secondary N) is 3. The molecule has 7 rings (SSSR count). The summed E-state index contributed by atoms with van der Waals surface area (Å²) in [6.45, 7) is 13.6. The van der Waals surface area contributed by atoms with Crippen LogP contribution in [-0.2, 0) is 59.3 Å². The maximum Gasteiger partial charge on any atom is 0.407 e. The van der Waals surface area contributed by atoms with Gasteiger partial charge in [-0.2, -0.15) is 10.5 Å². The van der Waals surface area contributed by atoms with Crippen LogP contribution in [0.5, 0.6) is 11.5 Å². The zero-order valence-electron chi connectivity index (χ0n) is 45.1. The fraction of sp³-hybridized carbons (Fsp3) is 0.559. The van der Waals surface area contributed by atoms with Gasteiger partial charge < -0.3 is 48.9 Å². The summed E-state index contributed by atoms with van der Waals surface area (Å²) in [6, 6.07) is 34.9. The van der Waals surface area contributed by atoms with E-state index in [9.17, 15) is 14.7 Å². The van der Waals surface area contributed by atoms with Crippen molar-refractivity contribution in [3.63, 3.8) is 0 Å². The molecule has 3 aliphatic rings. The van der Waals surface area contributed by atoms with Crippen LogP contribution >= 0.6 is 0 Å². The average Bonchev–Trinajstić information content (AvgIpc) is 3.83. The summed E-state index contributed by atoms with van der Waals surface area (Å²) < 4.78 is 36.7. The van der Waals surface area contributed by atoms with E-state index in [4.69, 9.17) is 42.8 Å². The minimum absolute atomic E-state index is 0. The number of aliphatic hydroxyl groups excluding tert-OH is 1. The van der Waals surface area contributed by atoms with Crippen molar-refractivity contribution in [1.29, 1.82) is 0 Å². The fourth-order valence-corrected chi connectivity index (χ4v) is 8.29. The van der Waals surface area contributed by atoms with Crippen LogP contribution in [-0.4, -0.2) is 111 Å². The van der Waals surface area contributed by atoms with Gasteiger partial charge in [-0.15, -0.1) is 0 Å². The van der Waals surface area contributed by atoms with Gasteiger partial charge in [-0.05, 0) is 127 Å². The van der Waals surface area contributed by atoms with Crippen molar-refractivity contribution in [3.8, 4) is 11.5 Å². The van der Waals surface area contributed by atoms with E-state index in [1.165, 1.54) is 36.8 Å². The summed E-state index contributed by atoms with van der Waals surface area (Å²) in [5, 5.41) is 19.0. The Morgan fingerprint density at radius 3 is 1.59 bits per heavy atom. The molecule has 16 heteroatoms. The van der Waals surface area contributed by atoms with Crippen LogP contribution in [0.15, 0.2) is 109 Å². The number of benzene rings is 4. The van der Waals surface area contributed by atoms with Crippen LogP contribution < -0.4 is 25.6 Å². The number of alkyl carbamates (subject to hydrolysis) is 2. The third kappa shape index (κ3) is 26.3. The van der Waals surface area contributed by atoms with Gasteiger partial charge in [0.25, 0.3) is 0 Å². The Morgan fingerprint density at radius 1 is 0.640 bits per heavy atom. The number of carbonyl (C=O) groups is 2. The molecule has 2 aliphatic carbocycles. The molecule has 4 N–H and O–H groups in total. The van der Waals surface area contributed by atoms with Crippen molar-refractivity contribution in [2.75, 3.05) is 41.0 Å². The molecule has 4 aromatic carbocycles. The number of methoxy groups -OCH3 is 2. The van der Waals surface area contributed by atoms with E-state index in [0.717, 1.165) is 61.3 Å². The molecular formula is C59H88N4O12. The second kappa shape index (κ2) is 33.0. The third-order valence-corrected chi connectivity index (χ3v) is 12.0. The summed E-state index contributed by atoms with van der Waals surface area (Å²) in [4.78, 5) is 36.4. The first-order chi connectivity index (χ1) is 35.5. The Hall–Kier alpha value is -5.30. The van der Waals surface area contributed by atoms with Crippen LogP contribution in [0.25, 0.3) is 0 Å². The lowest BCUT2D eigenvalue weighted by atomic mass is 10.0. The minimum Gasteiger partial charge on any atom is -0.468 e. The van der Waals surface area contributed by atoms with Gasteiger partial charge in [0.15, 0.2) is 13.6 Å². The topological polar surface area (TPSA) is 180 Å². The SMILES string of the molecule is C.CC(C)(C)OC(=O)NC(Cc1ccccc1)C1CO1.COCOc1ccc(CN(CC(O)C(Cc2ccccc2)NC(=O)OC(C)(C)C)OC2CCCC2)cc1.COCOc1ccc(CNOC2CCCC2)cc1. The second-order valence-corrected chi connectivity index (χ2v) is 20.9. The van der Waals surface area contributed by atoms with Gasteiger partial charge in [0.1, 0.15) is 28.8 Å². The predicted octanol–water partition coefficient (Wildman–Crippen LogP) is 10.6. The van der Waals surface area contributed by atoms with E-state index in [-0.39, 0.29) is 51.9 Å². The van der Waals surface area contributed by atoms with Gasteiger partial charge in [-0.3, -0.25) is 9.68 Å². The van der Waals surface area contributed by atoms with Crippen LogP contribution in [0.3, 0.4) is 0 Å². The highest BCUT2D eigenvalue weighted by Crippen LogP contribution is 2.25. The largest absolute Gasteiger partial charge is 0.468 e. The monoisotopic (exact) mass is 1040 g/mol. The molecule has 3 fully saturated rings. The summed E-state index contributed by atoms with van der Waals surface area (Å²) in [7, 11) is 3.19. The number of hydrogen-bond donors (Lipinski definition) is 4. The van der Waals surface area contributed by atoms with Crippen molar-refractivity contribution in [3.05, 3.63) is 131 Å². The van der Waals surface area contributed by atoms with E-state index in [1.807, 2.05) is 156 Å². The van der Waals surface area contributed by atoms with Crippen molar-refractivity contribution < 1.29 is 57.5 Å². The number of rotatable bonds is 24. The quantitative estimate of drug-likeness (QED) is 0.0296. The third-order valence-electron chi connectivity index (χ3n) is 12.0. The molecule has 75 heavy (non-hydrogen) atoms. The maximum atomic E-state index is 12.6. The lowest BCUT2D eigenvalue weighted by Crippen LogP contribution is -2.50. The molecule has 4 unspecified atom stereocenters. The smallest absolute Gasteiger partial charge is 0.407 e. The van der Waals surface area contributed by atoms with Gasteiger partial charge >= 0.3 is 12.2 Å². The van der Waals surface area contributed by atoms with E-state index in [2.05, 4.69) is 16.1 Å². The first-order valence-electron chi connectivity index (χ1n) is 26.1. The molecular weight excluding hydrogens is 957 g/mol. The highest BCUT2D eigenvalue weighted by molar-refractivity contribution is 5.68. The Bertz CT molecular complexity index is 2140. The molecule has 0 radical (unpaired) electrons. The Balaban J connectivity index is 0.000000268. The highest BCUT2D eigenvalue weighted by atomic mass is 16.7. The summed E-state index contributed by atoms with van der Waals surface area (Å²) >= 11 is 0. The van der Waals surface area contributed by atoms with Gasteiger partial charge in [-0.25, -0.2) is 9.59 Å². The normalized spacial score (nSPS) is 16.7. The number of aliphatic hydroxyl groups is 1. The maximum absolute atomic E-state index is 12.6. The molecule has 1 aliphatic heterocycles. The van der Waals surface area contributed by atoms with E-state index in [1.54, 1.807) is 14.2 Å². The number of hydrogen-bond acceptors (Lipinski definition) is 14. The number of epoxide rings is 1. The number of hydroxylamine groups is 3. The van der Waals surface area contributed by atoms with Gasteiger partial charge in [-0.1, -0.05) is 118 Å². The van der Waals surface area contributed by atoms with E-state index < -0.39 is 29.4 Å². The number of carbonyl (C=O) groups excluding carboxylic acids is 2. The molecule has 2 amide bonds. The zero-order chi connectivity index (χ0) is 53.2. The number of ether oxygens (including phenoxy) is 7. The van der Waals surface area contributed by atoms with Crippen molar-refractivity contribution in [2.24, 2.45) is 0 Å². The standard InChI is InChI=1S/C29H42N2O6.C15H21NO3.C14H21NO3.CH4/c1-29(2,3)36-28(33)30-26(18-22-10-6-5-7-11-22)27(32)20-31(37-25-12-8-9-13-25)19-23-14-16-24(17-15-23)35-21-34-4;1-15(2,3)19-14(17)16-12(13-10-18-13)9-11-7-5-4-6-8-11;1-16-11-17-13-8-6-12(7-9-13)10-15-18-14-4-2-3-5-14;/h5-7,10-11,14-17,25-27,32H,8-9,12-13,18-21H2,1-4H3,(H,30,33);4-8,12-13H,9-10H2,1-3H3,(H,16,17);6-9,14-15H,2-5,10-11H2,1H3;1H4. The lowest BCUT2D eigenvalue weighted by molar-refractivity contribution is -0.214. The number of nitrogens with zero attached hydrogens (tertiary/aromatic N) is 1. The molecule has 1 saturated heterocycles. The number of amides is 2. The van der Waals surface area contributed by atoms with Crippen LogP contribution in [0, 0.1) is 0 Å². The molecule has 0 spiro atoms. The Morgan fingerprint density at radius 2 is 1.11 bits per heavy atom. The first kappa shape index (κ1) is 62.2.